The van der Waals surface area contributed by atoms with E-state index >= 15 is 0 Å². The average Bonchev–Trinajstić information content (AvgIpc) is 3.00. The summed E-state index contributed by atoms with van der Waals surface area (Å²) in [6.45, 7) is 1.85. The first-order chi connectivity index (χ1) is 13.0. The number of aromatic nitrogens is 1. The Morgan fingerprint density at radius 2 is 1.74 bits per heavy atom. The second-order valence-electron chi connectivity index (χ2n) is 5.93. The molecule has 1 aromatic heterocycles. The number of primary amides is 1. The molecule has 1 heterocycles. The van der Waals surface area contributed by atoms with Crippen LogP contribution in [0.25, 0.3) is 11.1 Å². The number of thioether (sulfide) groups is 1. The van der Waals surface area contributed by atoms with E-state index in [2.05, 4.69) is 22.4 Å². The minimum atomic E-state index is -0.377. The maximum atomic E-state index is 12.3. The Hall–Kier alpha value is -2.64. The molecule has 3 N–H and O–H groups in total. The van der Waals surface area contributed by atoms with E-state index in [1.54, 1.807) is 0 Å². The van der Waals surface area contributed by atoms with Crippen molar-refractivity contribution < 1.29 is 9.59 Å². The molecule has 0 aliphatic heterocycles. The van der Waals surface area contributed by atoms with Crippen LogP contribution in [0.15, 0.2) is 58.8 Å². The lowest BCUT2D eigenvalue weighted by atomic mass is 10.0. The van der Waals surface area contributed by atoms with Gasteiger partial charge in [0, 0.05) is 0 Å². The van der Waals surface area contributed by atoms with Gasteiger partial charge >= 0.3 is 0 Å². The van der Waals surface area contributed by atoms with Gasteiger partial charge in [-0.3, -0.25) is 9.59 Å². The number of anilines is 1. The van der Waals surface area contributed by atoms with E-state index in [1.165, 1.54) is 23.1 Å². The Balaban J connectivity index is 1.59. The van der Waals surface area contributed by atoms with Crippen molar-refractivity contribution >= 4 is 40.0 Å². The highest BCUT2D eigenvalue weighted by atomic mass is 32.2. The number of nitrogens with two attached hydrogens (primary N) is 1. The largest absolute Gasteiger partial charge is 0.369 e. The number of aryl methyl sites for hydroxylation is 1. The van der Waals surface area contributed by atoms with Gasteiger partial charge in [-0.15, -0.1) is 11.8 Å². The van der Waals surface area contributed by atoms with Gasteiger partial charge in [0.1, 0.15) is 0 Å². The van der Waals surface area contributed by atoms with Gasteiger partial charge in [0.05, 0.1) is 22.1 Å². The van der Waals surface area contributed by atoms with E-state index in [0.29, 0.717) is 5.13 Å². The Labute approximate surface area is 166 Å². The Bertz CT molecular complexity index is 938. The lowest BCUT2D eigenvalue weighted by molar-refractivity contribution is -0.116. The number of nitrogens with one attached hydrogen (secondary N) is 1. The molecule has 7 heteroatoms. The van der Waals surface area contributed by atoms with Crippen molar-refractivity contribution in [2.24, 2.45) is 5.73 Å². The number of rotatable bonds is 7. The van der Waals surface area contributed by atoms with Crippen LogP contribution in [0.4, 0.5) is 5.13 Å². The van der Waals surface area contributed by atoms with Crippen LogP contribution in [0.5, 0.6) is 0 Å². The summed E-state index contributed by atoms with van der Waals surface area (Å²) >= 11 is 2.69. The fourth-order valence-electron chi connectivity index (χ4n) is 2.50. The summed E-state index contributed by atoms with van der Waals surface area (Å²) in [5.41, 5.74) is 9.15. The summed E-state index contributed by atoms with van der Waals surface area (Å²) in [5.74, 6) is -0.301. The third-order valence-electron chi connectivity index (χ3n) is 3.77. The Morgan fingerprint density at radius 1 is 1.07 bits per heavy atom. The van der Waals surface area contributed by atoms with E-state index < -0.39 is 0 Å². The van der Waals surface area contributed by atoms with Crippen LogP contribution in [-0.2, 0) is 16.0 Å². The second-order valence-corrected chi connectivity index (χ2v) is 8.18. The molecule has 0 radical (unpaired) electrons. The molecule has 0 atom stereocenters. The number of hydrogen-bond donors (Lipinski definition) is 2. The number of carbonyl (C=O) groups is 2. The molecule has 0 bridgehead atoms. The molecular weight excluding hydrogens is 378 g/mol. The lowest BCUT2D eigenvalue weighted by Crippen LogP contribution is -2.14. The summed E-state index contributed by atoms with van der Waals surface area (Å²) in [7, 11) is 0. The van der Waals surface area contributed by atoms with Gasteiger partial charge in [-0.05, 0) is 23.6 Å². The molecule has 0 spiro atoms. The van der Waals surface area contributed by atoms with Gasteiger partial charge in [0.2, 0.25) is 11.8 Å². The molecule has 138 valence electrons. The predicted molar refractivity (Wildman–Crippen MR) is 111 cm³/mol. The summed E-state index contributed by atoms with van der Waals surface area (Å²) in [4.78, 5) is 27.5. The molecule has 2 amide bonds. The molecule has 0 saturated carbocycles. The van der Waals surface area contributed by atoms with Gasteiger partial charge < -0.3 is 11.1 Å². The highest BCUT2D eigenvalue weighted by Crippen LogP contribution is 2.31. The zero-order chi connectivity index (χ0) is 19.2. The van der Waals surface area contributed by atoms with Crippen LogP contribution >= 0.6 is 23.1 Å². The van der Waals surface area contributed by atoms with Gasteiger partial charge in [-0.25, -0.2) is 4.98 Å². The molecule has 3 aromatic rings. The van der Waals surface area contributed by atoms with E-state index in [1.807, 2.05) is 49.4 Å². The molecule has 0 fully saturated rings. The van der Waals surface area contributed by atoms with Crippen molar-refractivity contribution in [1.29, 1.82) is 0 Å². The summed E-state index contributed by atoms with van der Waals surface area (Å²) in [6.07, 6.45) is 0.275. The number of nitrogens with zero attached hydrogens (tertiary/aromatic N) is 1. The average molecular weight is 398 g/mol. The minimum Gasteiger partial charge on any atom is -0.369 e. The number of benzene rings is 2. The maximum absolute atomic E-state index is 12.3. The van der Waals surface area contributed by atoms with Crippen LogP contribution in [0.1, 0.15) is 11.3 Å². The third-order valence-corrected chi connectivity index (χ3v) is 6.23. The first kappa shape index (κ1) is 19.1. The van der Waals surface area contributed by atoms with Crippen LogP contribution in [0.2, 0.25) is 0 Å². The molecule has 5 nitrogen and oxygen atoms in total. The summed E-state index contributed by atoms with van der Waals surface area (Å²) < 4.78 is 0.885. The number of amides is 2. The van der Waals surface area contributed by atoms with Gasteiger partial charge in [0.25, 0.3) is 0 Å². The Kier molecular flexibility index (Phi) is 6.26. The van der Waals surface area contributed by atoms with E-state index in [9.17, 15) is 9.59 Å². The second kappa shape index (κ2) is 8.83. The topological polar surface area (TPSA) is 85.1 Å². The number of thiazole rings is 1. The van der Waals surface area contributed by atoms with E-state index in [-0.39, 0.29) is 24.0 Å². The molecule has 27 heavy (non-hydrogen) atoms. The monoisotopic (exact) mass is 397 g/mol. The maximum Gasteiger partial charge on any atom is 0.230 e. The number of hydrogen-bond acceptors (Lipinski definition) is 5. The first-order valence-corrected chi connectivity index (χ1v) is 10.1. The highest BCUT2D eigenvalue weighted by molar-refractivity contribution is 8.01. The van der Waals surface area contributed by atoms with Crippen LogP contribution in [0, 0.1) is 6.92 Å². The fraction of sp³-hybridized carbons (Fsp3) is 0.150. The first-order valence-electron chi connectivity index (χ1n) is 8.34. The fourth-order valence-corrected chi connectivity index (χ4v) is 4.39. The van der Waals surface area contributed by atoms with Crippen molar-refractivity contribution in [2.45, 2.75) is 17.6 Å². The summed E-state index contributed by atoms with van der Waals surface area (Å²) in [6, 6.07) is 18.1. The normalized spacial score (nSPS) is 10.6. The third kappa shape index (κ3) is 5.42. The number of carbonyl (C=O) groups excluding carboxylic acids is 2. The smallest absolute Gasteiger partial charge is 0.230 e. The SMILES string of the molecule is Cc1nc(NC(=O)Cc2ccc(-c3ccccc3)cc2)sc1SCC(N)=O. The standard InChI is InChI=1S/C20H19N3O2S2/c1-13-19(26-12-17(21)24)27-20(22-13)23-18(25)11-14-7-9-16(10-8-14)15-5-3-2-4-6-15/h2-10H,11-12H2,1H3,(H2,21,24)(H,22,23,25). The zero-order valence-corrected chi connectivity index (χ0v) is 16.4. The van der Waals surface area contributed by atoms with Gasteiger partial charge in [-0.1, -0.05) is 65.9 Å². The van der Waals surface area contributed by atoms with Crippen molar-refractivity contribution in [3.05, 3.63) is 65.9 Å². The molecule has 3 rings (SSSR count). The Morgan fingerprint density at radius 3 is 2.41 bits per heavy atom. The molecule has 0 aliphatic carbocycles. The summed E-state index contributed by atoms with van der Waals surface area (Å²) in [5, 5.41) is 3.36. The molecule has 0 saturated heterocycles. The predicted octanol–water partition coefficient (Wildman–Crippen LogP) is 3.88. The lowest BCUT2D eigenvalue weighted by Gasteiger charge is -2.05. The van der Waals surface area contributed by atoms with Gasteiger partial charge in [-0.2, -0.15) is 0 Å². The van der Waals surface area contributed by atoms with Crippen LogP contribution in [-0.4, -0.2) is 22.6 Å². The zero-order valence-electron chi connectivity index (χ0n) is 14.8. The quantitative estimate of drug-likeness (QED) is 0.593. The molecule has 0 unspecified atom stereocenters. The van der Waals surface area contributed by atoms with Crippen molar-refractivity contribution in [2.75, 3.05) is 11.1 Å². The van der Waals surface area contributed by atoms with Crippen molar-refractivity contribution in [1.82, 2.24) is 4.98 Å². The van der Waals surface area contributed by atoms with Crippen molar-refractivity contribution in [3.8, 4) is 11.1 Å². The molecular formula is C20H19N3O2S2. The van der Waals surface area contributed by atoms with E-state index in [4.69, 9.17) is 5.73 Å². The van der Waals surface area contributed by atoms with Crippen molar-refractivity contribution in [3.63, 3.8) is 0 Å². The van der Waals surface area contributed by atoms with Crippen LogP contribution in [0.3, 0.4) is 0 Å². The minimum absolute atomic E-state index is 0.123. The van der Waals surface area contributed by atoms with E-state index in [0.717, 1.165) is 26.6 Å². The molecule has 2 aromatic carbocycles. The highest BCUT2D eigenvalue weighted by Gasteiger charge is 2.12. The molecule has 0 aliphatic rings. The van der Waals surface area contributed by atoms with Crippen LogP contribution < -0.4 is 11.1 Å². The van der Waals surface area contributed by atoms with Gasteiger partial charge in [0.15, 0.2) is 5.13 Å².